The average Bonchev–Trinajstić information content (AvgIpc) is 2.60. The number of carbonyl (C=O) groups excluding carboxylic acids is 1. The summed E-state index contributed by atoms with van der Waals surface area (Å²) in [6, 6.07) is 2.30. The lowest BCUT2D eigenvalue weighted by atomic mass is 10.1. The van der Waals surface area contributed by atoms with E-state index < -0.39 is 24.3 Å². The molecule has 0 aromatic heterocycles. The zero-order chi connectivity index (χ0) is 17.5. The van der Waals surface area contributed by atoms with Crippen molar-refractivity contribution in [1.29, 1.82) is 0 Å². The Hall–Kier alpha value is -1.86. The minimum absolute atomic E-state index is 0. The van der Waals surface area contributed by atoms with Gasteiger partial charge in [0.15, 0.2) is 11.6 Å². The first-order chi connectivity index (χ1) is 11.6. The maximum absolute atomic E-state index is 14.3. The second kappa shape index (κ2) is 10.2. The number of hydrogen-bond donors (Lipinski definition) is 1. The highest BCUT2D eigenvalue weighted by Gasteiger charge is 2.27. The van der Waals surface area contributed by atoms with Crippen LogP contribution in [-0.2, 0) is 11.3 Å². The number of carbonyl (C=O) groups is 1. The summed E-state index contributed by atoms with van der Waals surface area (Å²) in [5.74, 6) is -1.74. The highest BCUT2D eigenvalue weighted by atomic mass is 35.5. The van der Waals surface area contributed by atoms with E-state index in [0.717, 1.165) is 12.5 Å². The van der Waals surface area contributed by atoms with Gasteiger partial charge >= 0.3 is 6.09 Å². The van der Waals surface area contributed by atoms with E-state index in [9.17, 15) is 13.6 Å². The van der Waals surface area contributed by atoms with Gasteiger partial charge in [0.2, 0.25) is 0 Å². The molecule has 140 valence electrons. The molecule has 25 heavy (non-hydrogen) atoms. The molecule has 0 bridgehead atoms. The van der Waals surface area contributed by atoms with E-state index in [1.807, 2.05) is 6.92 Å². The van der Waals surface area contributed by atoms with Gasteiger partial charge in [-0.25, -0.2) is 13.6 Å². The van der Waals surface area contributed by atoms with Gasteiger partial charge in [0.25, 0.3) is 0 Å². The Labute approximate surface area is 152 Å². The van der Waals surface area contributed by atoms with Gasteiger partial charge in [-0.15, -0.1) is 12.4 Å². The zero-order valence-corrected chi connectivity index (χ0v) is 14.9. The Morgan fingerprint density at radius 1 is 1.48 bits per heavy atom. The van der Waals surface area contributed by atoms with Crippen molar-refractivity contribution >= 4 is 18.5 Å². The lowest BCUT2D eigenvalue weighted by molar-refractivity contribution is 0.0697. The molecule has 1 heterocycles. The summed E-state index contributed by atoms with van der Waals surface area (Å²) in [5.41, 5.74) is -0.326. The van der Waals surface area contributed by atoms with E-state index in [1.165, 1.54) is 12.1 Å². The molecule has 1 saturated heterocycles. The van der Waals surface area contributed by atoms with Crippen LogP contribution in [0.15, 0.2) is 24.8 Å². The molecule has 1 atom stereocenters. The molecule has 0 spiro atoms. The molecule has 5 nitrogen and oxygen atoms in total. The smallest absolute Gasteiger partial charge is 0.410 e. The Balaban J connectivity index is 0.00000312. The topological polar surface area (TPSA) is 50.8 Å². The van der Waals surface area contributed by atoms with Gasteiger partial charge < -0.3 is 19.7 Å². The minimum Gasteiger partial charge on any atom is -0.486 e. The Morgan fingerprint density at radius 2 is 2.24 bits per heavy atom. The van der Waals surface area contributed by atoms with Crippen LogP contribution in [0.1, 0.15) is 18.9 Å². The quantitative estimate of drug-likeness (QED) is 0.774. The largest absolute Gasteiger partial charge is 0.486 e. The molecular weight excluding hydrogens is 354 g/mol. The van der Waals surface area contributed by atoms with Crippen LogP contribution < -0.4 is 10.1 Å². The molecule has 1 aliphatic heterocycles. The molecule has 0 radical (unpaired) electrons. The van der Waals surface area contributed by atoms with Crippen LogP contribution in [0.4, 0.5) is 13.6 Å². The number of halogens is 3. The second-order valence-corrected chi connectivity index (χ2v) is 5.45. The molecule has 1 N–H and O–H groups in total. The number of piperazine rings is 1. The molecule has 1 amide bonds. The van der Waals surface area contributed by atoms with E-state index >= 15 is 0 Å². The zero-order valence-electron chi connectivity index (χ0n) is 14.1. The van der Waals surface area contributed by atoms with Gasteiger partial charge in [0, 0.05) is 25.7 Å². The van der Waals surface area contributed by atoms with Crippen molar-refractivity contribution in [2.75, 3.05) is 26.2 Å². The predicted molar refractivity (Wildman–Crippen MR) is 93.1 cm³/mol. The third kappa shape index (κ3) is 5.31. The van der Waals surface area contributed by atoms with Crippen molar-refractivity contribution in [2.45, 2.75) is 26.0 Å². The fourth-order valence-corrected chi connectivity index (χ4v) is 2.55. The van der Waals surface area contributed by atoms with Gasteiger partial charge in [-0.3, -0.25) is 0 Å². The number of nitrogens with zero attached hydrogens (tertiary/aromatic N) is 1. The van der Waals surface area contributed by atoms with Crippen molar-refractivity contribution in [3.05, 3.63) is 42.0 Å². The number of ether oxygens (including phenoxy) is 2. The van der Waals surface area contributed by atoms with Gasteiger partial charge in [-0.05, 0) is 18.6 Å². The van der Waals surface area contributed by atoms with Crippen molar-refractivity contribution in [3.63, 3.8) is 0 Å². The Kier molecular flexibility index (Phi) is 8.65. The molecule has 2 rings (SSSR count). The van der Waals surface area contributed by atoms with E-state index in [4.69, 9.17) is 9.47 Å². The third-order valence-corrected chi connectivity index (χ3v) is 3.90. The van der Waals surface area contributed by atoms with E-state index in [0.29, 0.717) is 19.6 Å². The second-order valence-electron chi connectivity index (χ2n) is 5.45. The molecule has 8 heteroatoms. The first kappa shape index (κ1) is 21.2. The van der Waals surface area contributed by atoms with Gasteiger partial charge in [0.1, 0.15) is 19.0 Å². The summed E-state index contributed by atoms with van der Waals surface area (Å²) < 4.78 is 38.4. The summed E-state index contributed by atoms with van der Waals surface area (Å²) in [5, 5.41) is 3.20. The van der Waals surface area contributed by atoms with Crippen LogP contribution in [-0.4, -0.2) is 43.3 Å². The summed E-state index contributed by atoms with van der Waals surface area (Å²) in [4.78, 5) is 13.8. The summed E-state index contributed by atoms with van der Waals surface area (Å²) in [7, 11) is 0. The van der Waals surface area contributed by atoms with Gasteiger partial charge in [-0.1, -0.05) is 19.6 Å². The Bertz CT molecular complexity index is 602. The third-order valence-electron chi connectivity index (χ3n) is 3.90. The van der Waals surface area contributed by atoms with E-state index in [1.54, 1.807) is 4.90 Å². The normalized spacial score (nSPS) is 16.8. The number of rotatable bonds is 6. The molecular formula is C17H23ClF2N2O3. The fraction of sp³-hybridized carbons (Fsp3) is 0.471. The minimum atomic E-state index is -0.864. The van der Waals surface area contributed by atoms with Crippen LogP contribution in [0, 0.1) is 11.6 Å². The maximum Gasteiger partial charge on any atom is 0.410 e. The van der Waals surface area contributed by atoms with Crippen LogP contribution in [0.2, 0.25) is 0 Å². The fourth-order valence-electron chi connectivity index (χ4n) is 2.55. The predicted octanol–water partition coefficient (Wildman–Crippen LogP) is 3.27. The first-order valence-electron chi connectivity index (χ1n) is 7.93. The highest BCUT2D eigenvalue weighted by Crippen LogP contribution is 2.24. The number of amides is 1. The summed E-state index contributed by atoms with van der Waals surface area (Å²) in [6.07, 6.45) is 1.66. The van der Waals surface area contributed by atoms with Crippen molar-refractivity contribution in [2.24, 2.45) is 0 Å². The number of benzene rings is 1. The Morgan fingerprint density at radius 3 is 2.92 bits per heavy atom. The SMILES string of the molecule is C=CCOc1ccc(F)c(COC(=O)N2CCNCC2CC)c1F.Cl. The average molecular weight is 377 g/mol. The van der Waals surface area contributed by atoms with Crippen LogP contribution in [0.3, 0.4) is 0 Å². The first-order valence-corrected chi connectivity index (χ1v) is 7.93. The van der Waals surface area contributed by atoms with Crippen molar-refractivity contribution in [3.8, 4) is 5.75 Å². The molecule has 1 fully saturated rings. The lowest BCUT2D eigenvalue weighted by Gasteiger charge is -2.34. The lowest BCUT2D eigenvalue weighted by Crippen LogP contribution is -2.53. The molecule has 0 aliphatic carbocycles. The number of hydrogen-bond acceptors (Lipinski definition) is 4. The molecule has 1 aliphatic rings. The number of nitrogens with one attached hydrogen (secondary N) is 1. The summed E-state index contributed by atoms with van der Waals surface area (Å²) >= 11 is 0. The highest BCUT2D eigenvalue weighted by molar-refractivity contribution is 5.85. The maximum atomic E-state index is 14.3. The van der Waals surface area contributed by atoms with E-state index in [2.05, 4.69) is 11.9 Å². The van der Waals surface area contributed by atoms with Crippen LogP contribution in [0.25, 0.3) is 0 Å². The van der Waals surface area contributed by atoms with Gasteiger partial charge in [0.05, 0.1) is 5.56 Å². The van der Waals surface area contributed by atoms with Crippen molar-refractivity contribution in [1.82, 2.24) is 10.2 Å². The molecule has 0 saturated carbocycles. The molecule has 1 aromatic carbocycles. The standard InChI is InChI=1S/C17H22F2N2O3.ClH/c1-3-9-23-15-6-5-14(18)13(16(15)19)11-24-17(22)21-8-7-20-10-12(21)4-2;/h3,5-6,12,20H,1,4,7-11H2,2H3;1H. The van der Waals surface area contributed by atoms with Crippen LogP contribution >= 0.6 is 12.4 Å². The van der Waals surface area contributed by atoms with E-state index in [-0.39, 0.29) is 36.4 Å². The molecule has 1 aromatic rings. The molecule has 1 unspecified atom stereocenters. The monoisotopic (exact) mass is 376 g/mol. The van der Waals surface area contributed by atoms with Crippen LogP contribution in [0.5, 0.6) is 5.75 Å². The van der Waals surface area contributed by atoms with Gasteiger partial charge in [-0.2, -0.15) is 0 Å². The van der Waals surface area contributed by atoms with Crippen molar-refractivity contribution < 1.29 is 23.0 Å². The summed E-state index contributed by atoms with van der Waals surface area (Å²) in [6.45, 7) is 6.90.